The summed E-state index contributed by atoms with van der Waals surface area (Å²) in [5.41, 5.74) is 2.23. The Kier molecular flexibility index (Phi) is 3.65. The average molecular weight is 318 g/mol. The average Bonchev–Trinajstić information content (AvgIpc) is 2.92. The van der Waals surface area contributed by atoms with Gasteiger partial charge in [0, 0.05) is 17.6 Å². The standard InChI is InChI=1S/C16H12ClNO4/c17-12-7-11(3-4-13(12)19)18-8-9-1-2-10-6-15(16(20)21)22-14(10)5-9/h1-7,18-19H,8H2,(H,20,21). The number of hydrogen-bond donors (Lipinski definition) is 3. The van der Waals surface area contributed by atoms with Crippen LogP contribution in [-0.4, -0.2) is 16.2 Å². The molecule has 0 aliphatic heterocycles. The topological polar surface area (TPSA) is 82.7 Å². The van der Waals surface area contributed by atoms with E-state index in [1.165, 1.54) is 12.1 Å². The first-order valence-corrected chi connectivity index (χ1v) is 6.89. The number of aromatic carboxylic acids is 1. The molecular formula is C16H12ClNO4. The highest BCUT2D eigenvalue weighted by Crippen LogP contribution is 2.27. The number of phenols is 1. The number of furan rings is 1. The summed E-state index contributed by atoms with van der Waals surface area (Å²) >= 11 is 5.85. The van der Waals surface area contributed by atoms with E-state index in [-0.39, 0.29) is 16.5 Å². The molecule has 0 bridgehead atoms. The number of benzene rings is 2. The van der Waals surface area contributed by atoms with Crippen LogP contribution in [0.2, 0.25) is 5.02 Å². The van der Waals surface area contributed by atoms with Crippen LogP contribution >= 0.6 is 11.6 Å². The first-order valence-electron chi connectivity index (χ1n) is 6.51. The fourth-order valence-corrected chi connectivity index (χ4v) is 2.29. The van der Waals surface area contributed by atoms with E-state index in [0.29, 0.717) is 12.1 Å². The van der Waals surface area contributed by atoms with E-state index in [1.54, 1.807) is 18.2 Å². The lowest BCUT2D eigenvalue weighted by Gasteiger charge is -2.07. The summed E-state index contributed by atoms with van der Waals surface area (Å²) in [4.78, 5) is 10.9. The van der Waals surface area contributed by atoms with E-state index in [4.69, 9.17) is 21.1 Å². The van der Waals surface area contributed by atoms with Gasteiger partial charge >= 0.3 is 5.97 Å². The summed E-state index contributed by atoms with van der Waals surface area (Å²) in [6.45, 7) is 0.514. The van der Waals surface area contributed by atoms with Crippen molar-refractivity contribution in [1.29, 1.82) is 0 Å². The van der Waals surface area contributed by atoms with Crippen molar-refractivity contribution < 1.29 is 19.4 Å². The minimum atomic E-state index is -1.09. The molecule has 112 valence electrons. The summed E-state index contributed by atoms with van der Waals surface area (Å²) in [5.74, 6) is -1.13. The van der Waals surface area contributed by atoms with Gasteiger partial charge in [-0.25, -0.2) is 4.79 Å². The van der Waals surface area contributed by atoms with Crippen molar-refractivity contribution in [3.8, 4) is 5.75 Å². The number of hydrogen-bond acceptors (Lipinski definition) is 4. The maximum absolute atomic E-state index is 10.9. The molecule has 0 amide bonds. The molecule has 0 unspecified atom stereocenters. The summed E-state index contributed by atoms with van der Waals surface area (Å²) in [6, 6.07) is 11.8. The van der Waals surface area contributed by atoms with Crippen molar-refractivity contribution in [2.45, 2.75) is 6.54 Å². The lowest BCUT2D eigenvalue weighted by molar-refractivity contribution is 0.0665. The Morgan fingerprint density at radius 2 is 2.00 bits per heavy atom. The highest BCUT2D eigenvalue weighted by atomic mass is 35.5. The summed E-state index contributed by atoms with van der Waals surface area (Å²) in [5, 5.41) is 22.5. The number of carboxylic acids is 1. The van der Waals surface area contributed by atoms with Gasteiger partial charge in [0.05, 0.1) is 5.02 Å². The van der Waals surface area contributed by atoms with Gasteiger partial charge in [0.1, 0.15) is 11.3 Å². The molecule has 0 aliphatic rings. The van der Waals surface area contributed by atoms with Crippen LogP contribution in [0.1, 0.15) is 16.1 Å². The first-order chi connectivity index (χ1) is 10.5. The molecule has 0 saturated heterocycles. The van der Waals surface area contributed by atoms with Crippen LogP contribution < -0.4 is 5.32 Å². The maximum atomic E-state index is 10.9. The van der Waals surface area contributed by atoms with Crippen LogP contribution in [0.3, 0.4) is 0 Å². The zero-order chi connectivity index (χ0) is 15.7. The van der Waals surface area contributed by atoms with Crippen molar-refractivity contribution in [3.63, 3.8) is 0 Å². The van der Waals surface area contributed by atoms with Crippen molar-refractivity contribution in [2.75, 3.05) is 5.32 Å². The maximum Gasteiger partial charge on any atom is 0.371 e. The predicted octanol–water partition coefficient (Wildman–Crippen LogP) is 4.10. The zero-order valence-electron chi connectivity index (χ0n) is 11.3. The van der Waals surface area contributed by atoms with Gasteiger partial charge in [0.25, 0.3) is 0 Å². The minimum absolute atomic E-state index is 0.0328. The Morgan fingerprint density at radius 3 is 2.73 bits per heavy atom. The number of fused-ring (bicyclic) bond motifs is 1. The van der Waals surface area contributed by atoms with Gasteiger partial charge in [0.2, 0.25) is 5.76 Å². The second kappa shape index (κ2) is 5.61. The third-order valence-corrected chi connectivity index (χ3v) is 3.54. The monoisotopic (exact) mass is 317 g/mol. The molecular weight excluding hydrogens is 306 g/mol. The number of carbonyl (C=O) groups is 1. The lowest BCUT2D eigenvalue weighted by Crippen LogP contribution is -1.98. The van der Waals surface area contributed by atoms with E-state index in [0.717, 1.165) is 16.6 Å². The van der Waals surface area contributed by atoms with E-state index in [9.17, 15) is 9.90 Å². The highest BCUT2D eigenvalue weighted by Gasteiger charge is 2.10. The van der Waals surface area contributed by atoms with Crippen molar-refractivity contribution in [1.82, 2.24) is 0 Å². The Labute approximate surface area is 130 Å². The fourth-order valence-electron chi connectivity index (χ4n) is 2.11. The van der Waals surface area contributed by atoms with Gasteiger partial charge in [-0.1, -0.05) is 23.7 Å². The van der Waals surface area contributed by atoms with Gasteiger partial charge in [-0.2, -0.15) is 0 Å². The van der Waals surface area contributed by atoms with Crippen LogP contribution in [0.25, 0.3) is 11.0 Å². The first kappa shape index (κ1) is 14.3. The largest absolute Gasteiger partial charge is 0.506 e. The highest BCUT2D eigenvalue weighted by molar-refractivity contribution is 6.32. The van der Waals surface area contributed by atoms with E-state index in [1.807, 2.05) is 12.1 Å². The molecule has 5 nitrogen and oxygen atoms in total. The second-order valence-electron chi connectivity index (χ2n) is 4.81. The number of aromatic hydroxyl groups is 1. The molecule has 3 aromatic rings. The Hall–Kier alpha value is -2.66. The Bertz CT molecular complexity index is 856. The molecule has 1 heterocycles. The van der Waals surface area contributed by atoms with Gasteiger partial charge in [0.15, 0.2) is 0 Å². The number of halogens is 1. The number of anilines is 1. The van der Waals surface area contributed by atoms with Crippen LogP contribution in [0.5, 0.6) is 5.75 Å². The van der Waals surface area contributed by atoms with E-state index >= 15 is 0 Å². The number of phenolic OH excluding ortho intramolecular Hbond substituents is 1. The van der Waals surface area contributed by atoms with Gasteiger partial charge in [-0.05, 0) is 35.9 Å². The Morgan fingerprint density at radius 1 is 1.18 bits per heavy atom. The normalized spacial score (nSPS) is 10.8. The molecule has 3 rings (SSSR count). The van der Waals surface area contributed by atoms with Gasteiger partial charge in [-0.15, -0.1) is 0 Å². The van der Waals surface area contributed by atoms with E-state index < -0.39 is 5.97 Å². The minimum Gasteiger partial charge on any atom is -0.506 e. The predicted molar refractivity (Wildman–Crippen MR) is 83.6 cm³/mol. The fraction of sp³-hybridized carbons (Fsp3) is 0.0625. The van der Waals surface area contributed by atoms with Crippen LogP contribution in [-0.2, 0) is 6.54 Å². The molecule has 0 spiro atoms. The van der Waals surface area contributed by atoms with Crippen LogP contribution in [0.4, 0.5) is 5.69 Å². The summed E-state index contributed by atoms with van der Waals surface area (Å²) in [7, 11) is 0. The number of rotatable bonds is 4. The zero-order valence-corrected chi connectivity index (χ0v) is 12.1. The third kappa shape index (κ3) is 2.84. The van der Waals surface area contributed by atoms with Crippen LogP contribution in [0.15, 0.2) is 46.9 Å². The third-order valence-electron chi connectivity index (χ3n) is 3.24. The molecule has 6 heteroatoms. The molecule has 22 heavy (non-hydrogen) atoms. The molecule has 0 atom stereocenters. The SMILES string of the molecule is O=C(O)c1cc2ccc(CNc3ccc(O)c(Cl)c3)cc2o1. The smallest absolute Gasteiger partial charge is 0.371 e. The molecule has 0 radical (unpaired) electrons. The summed E-state index contributed by atoms with van der Waals surface area (Å²) in [6.07, 6.45) is 0. The quantitative estimate of drug-likeness (QED) is 0.631. The molecule has 0 saturated carbocycles. The van der Waals surface area contributed by atoms with Crippen molar-refractivity contribution >= 4 is 34.2 Å². The van der Waals surface area contributed by atoms with Gasteiger partial charge < -0.3 is 19.9 Å². The van der Waals surface area contributed by atoms with E-state index in [2.05, 4.69) is 5.32 Å². The molecule has 3 N–H and O–H groups in total. The van der Waals surface area contributed by atoms with Gasteiger partial charge in [-0.3, -0.25) is 0 Å². The number of carboxylic acid groups (broad SMARTS) is 1. The molecule has 0 fully saturated rings. The lowest BCUT2D eigenvalue weighted by atomic mass is 10.1. The molecule has 1 aromatic heterocycles. The van der Waals surface area contributed by atoms with Crippen LogP contribution in [0, 0.1) is 0 Å². The number of nitrogens with one attached hydrogen (secondary N) is 1. The molecule has 2 aromatic carbocycles. The van der Waals surface area contributed by atoms with Crippen molar-refractivity contribution in [2.24, 2.45) is 0 Å². The summed E-state index contributed by atoms with van der Waals surface area (Å²) < 4.78 is 5.28. The van der Waals surface area contributed by atoms with Crippen molar-refractivity contribution in [3.05, 3.63) is 58.8 Å². The molecule has 0 aliphatic carbocycles. The Balaban J connectivity index is 1.78. The second-order valence-corrected chi connectivity index (χ2v) is 5.21.